The number of nitrogen functional groups attached to an aromatic ring is 1. The first kappa shape index (κ1) is 16.1. The number of anilines is 2. The van der Waals surface area contributed by atoms with Crippen molar-refractivity contribution in [3.8, 4) is 0 Å². The van der Waals surface area contributed by atoms with Gasteiger partial charge in [-0.15, -0.1) is 0 Å². The lowest BCUT2D eigenvalue weighted by molar-refractivity contribution is 0.221. The van der Waals surface area contributed by atoms with Gasteiger partial charge in [0, 0.05) is 18.8 Å². The molecule has 1 fully saturated rings. The van der Waals surface area contributed by atoms with Crippen molar-refractivity contribution in [2.45, 2.75) is 38.8 Å². The van der Waals surface area contributed by atoms with Crippen molar-refractivity contribution in [2.24, 2.45) is 0 Å². The van der Waals surface area contributed by atoms with Crippen molar-refractivity contribution in [3.05, 3.63) is 23.1 Å². The fourth-order valence-electron chi connectivity index (χ4n) is 2.91. The van der Waals surface area contributed by atoms with Gasteiger partial charge in [0.1, 0.15) is 11.0 Å². The molecular formula is C15H24ClN7. The van der Waals surface area contributed by atoms with E-state index in [1.165, 1.54) is 51.4 Å². The molecule has 0 saturated carbocycles. The SMILES string of the molecule is Nc1cc(Cl)nc(NCc2cn(CCCN3CCCCC3)[nH]2)n1. The van der Waals surface area contributed by atoms with Crippen LogP contribution in [0.5, 0.6) is 0 Å². The van der Waals surface area contributed by atoms with Gasteiger partial charge in [-0.1, -0.05) is 18.0 Å². The molecule has 1 saturated heterocycles. The molecule has 2 aromatic rings. The molecule has 3 heterocycles. The summed E-state index contributed by atoms with van der Waals surface area (Å²) in [6.45, 7) is 5.38. The minimum absolute atomic E-state index is 0.342. The van der Waals surface area contributed by atoms with E-state index in [0.29, 0.717) is 23.5 Å². The number of hydrogen-bond donors (Lipinski definition) is 3. The Kier molecular flexibility index (Phi) is 5.40. The second-order valence-electron chi connectivity index (χ2n) is 6.01. The maximum atomic E-state index is 5.84. The van der Waals surface area contributed by atoms with Gasteiger partial charge >= 0.3 is 0 Å². The summed E-state index contributed by atoms with van der Waals surface area (Å²) in [5, 5.41) is 6.76. The average molecular weight is 338 g/mol. The number of piperidine rings is 1. The Morgan fingerprint density at radius 3 is 2.74 bits per heavy atom. The molecule has 7 nitrogen and oxygen atoms in total. The van der Waals surface area contributed by atoms with Gasteiger partial charge in [0.2, 0.25) is 5.95 Å². The monoisotopic (exact) mass is 337 g/mol. The van der Waals surface area contributed by atoms with E-state index in [9.17, 15) is 0 Å². The molecule has 0 spiro atoms. The Hall–Kier alpha value is -1.73. The molecule has 0 radical (unpaired) electrons. The highest BCUT2D eigenvalue weighted by atomic mass is 35.5. The largest absolute Gasteiger partial charge is 0.383 e. The fraction of sp³-hybridized carbons (Fsp3) is 0.600. The van der Waals surface area contributed by atoms with Crippen molar-refractivity contribution < 1.29 is 0 Å². The number of halogens is 1. The van der Waals surface area contributed by atoms with Gasteiger partial charge in [-0.2, -0.15) is 4.98 Å². The summed E-state index contributed by atoms with van der Waals surface area (Å²) in [6.07, 6.45) is 7.39. The molecule has 0 aromatic carbocycles. The highest BCUT2D eigenvalue weighted by molar-refractivity contribution is 6.29. The molecule has 0 atom stereocenters. The quantitative estimate of drug-likeness (QED) is 0.675. The Bertz CT molecular complexity index is 583. The lowest BCUT2D eigenvalue weighted by Gasteiger charge is -2.26. The summed E-state index contributed by atoms with van der Waals surface area (Å²) in [7, 11) is 0. The highest BCUT2D eigenvalue weighted by Crippen LogP contribution is 2.13. The number of H-pyrrole nitrogens is 1. The van der Waals surface area contributed by atoms with Crippen LogP contribution in [-0.4, -0.2) is 44.3 Å². The molecule has 4 N–H and O–H groups in total. The third-order valence-electron chi connectivity index (χ3n) is 4.07. The molecule has 0 amide bonds. The maximum absolute atomic E-state index is 5.84. The lowest BCUT2D eigenvalue weighted by atomic mass is 10.1. The molecule has 0 bridgehead atoms. The molecular weight excluding hydrogens is 314 g/mol. The summed E-state index contributed by atoms with van der Waals surface area (Å²) in [6, 6.07) is 1.53. The third kappa shape index (κ3) is 4.87. The van der Waals surface area contributed by atoms with Crippen molar-refractivity contribution in [2.75, 3.05) is 30.7 Å². The zero-order valence-corrected chi connectivity index (χ0v) is 14.0. The second-order valence-corrected chi connectivity index (χ2v) is 6.40. The number of aryl methyl sites for hydroxylation is 1. The van der Waals surface area contributed by atoms with Crippen LogP contribution in [0, 0.1) is 0 Å². The van der Waals surface area contributed by atoms with Crippen LogP contribution < -0.4 is 11.1 Å². The number of nitrogens with two attached hydrogens (primary N) is 1. The van der Waals surface area contributed by atoms with Crippen LogP contribution in [0.2, 0.25) is 5.15 Å². The standard InChI is InChI=1S/C15H24ClN7/c16-13-9-14(17)20-15(19-13)18-10-12-11-23(21-12)8-4-7-22-5-2-1-3-6-22/h9,11,21H,1-8,10H2,(H3,17,18,19,20). The van der Waals surface area contributed by atoms with Gasteiger partial charge in [0.05, 0.1) is 12.2 Å². The summed E-state index contributed by atoms with van der Waals surface area (Å²) in [4.78, 5) is 10.7. The number of likely N-dealkylation sites (tertiary alicyclic amines) is 1. The maximum Gasteiger partial charge on any atom is 0.226 e. The minimum Gasteiger partial charge on any atom is -0.383 e. The van der Waals surface area contributed by atoms with E-state index in [1.54, 1.807) is 0 Å². The molecule has 1 aliphatic rings. The number of aromatic amines is 1. The number of nitrogens with zero attached hydrogens (tertiary/aromatic N) is 4. The van der Waals surface area contributed by atoms with E-state index < -0.39 is 0 Å². The van der Waals surface area contributed by atoms with Gasteiger partial charge in [-0.05, 0) is 38.9 Å². The van der Waals surface area contributed by atoms with Crippen LogP contribution >= 0.6 is 11.6 Å². The van der Waals surface area contributed by atoms with Gasteiger partial charge in [0.15, 0.2) is 0 Å². The van der Waals surface area contributed by atoms with Crippen LogP contribution in [0.25, 0.3) is 0 Å². The Labute approximate surface area is 141 Å². The topological polar surface area (TPSA) is 87.8 Å². The molecule has 126 valence electrons. The van der Waals surface area contributed by atoms with Crippen molar-refractivity contribution in [1.82, 2.24) is 24.6 Å². The Morgan fingerprint density at radius 1 is 1.22 bits per heavy atom. The number of hydrogen-bond acceptors (Lipinski definition) is 5. The zero-order valence-electron chi connectivity index (χ0n) is 13.3. The second kappa shape index (κ2) is 7.70. The molecule has 2 aromatic heterocycles. The van der Waals surface area contributed by atoms with Gasteiger partial charge in [0.25, 0.3) is 0 Å². The predicted octanol–water partition coefficient (Wildman–Crippen LogP) is 2.33. The molecule has 23 heavy (non-hydrogen) atoms. The van der Waals surface area contributed by atoms with E-state index in [2.05, 4.69) is 36.2 Å². The van der Waals surface area contributed by atoms with Crippen LogP contribution in [0.15, 0.2) is 12.3 Å². The van der Waals surface area contributed by atoms with E-state index >= 15 is 0 Å². The van der Waals surface area contributed by atoms with Crippen LogP contribution in [-0.2, 0) is 13.1 Å². The van der Waals surface area contributed by atoms with E-state index in [-0.39, 0.29) is 0 Å². The molecule has 8 heteroatoms. The first-order valence-electron chi connectivity index (χ1n) is 8.19. The average Bonchev–Trinajstić information content (AvgIpc) is 2.48. The molecule has 0 aliphatic carbocycles. The van der Waals surface area contributed by atoms with E-state index in [0.717, 1.165) is 12.2 Å². The Balaban J connectivity index is 1.36. The van der Waals surface area contributed by atoms with Crippen LogP contribution in [0.3, 0.4) is 0 Å². The van der Waals surface area contributed by atoms with Crippen LogP contribution in [0.1, 0.15) is 31.4 Å². The highest BCUT2D eigenvalue weighted by Gasteiger charge is 2.10. The van der Waals surface area contributed by atoms with Gasteiger partial charge < -0.3 is 16.0 Å². The van der Waals surface area contributed by atoms with Crippen molar-refractivity contribution in [1.29, 1.82) is 0 Å². The van der Waals surface area contributed by atoms with Crippen molar-refractivity contribution >= 4 is 23.4 Å². The Morgan fingerprint density at radius 2 is 2.00 bits per heavy atom. The minimum atomic E-state index is 0.342. The molecule has 0 unspecified atom stereocenters. The number of nitrogens with one attached hydrogen (secondary N) is 2. The van der Waals surface area contributed by atoms with E-state index in [1.807, 2.05) is 0 Å². The van der Waals surface area contributed by atoms with Crippen LogP contribution in [0.4, 0.5) is 11.8 Å². The lowest BCUT2D eigenvalue weighted by Crippen LogP contribution is -2.31. The normalized spacial score (nSPS) is 15.9. The van der Waals surface area contributed by atoms with Gasteiger partial charge in [-0.25, -0.2) is 4.98 Å². The summed E-state index contributed by atoms with van der Waals surface area (Å²) in [5.74, 6) is 0.809. The smallest absolute Gasteiger partial charge is 0.226 e. The number of rotatable bonds is 7. The fourth-order valence-corrected chi connectivity index (χ4v) is 3.10. The van der Waals surface area contributed by atoms with Crippen molar-refractivity contribution in [3.63, 3.8) is 0 Å². The number of aromatic nitrogens is 4. The summed E-state index contributed by atoms with van der Waals surface area (Å²) < 4.78 is 2.12. The third-order valence-corrected chi connectivity index (χ3v) is 4.27. The first-order valence-corrected chi connectivity index (χ1v) is 8.57. The molecule has 3 rings (SSSR count). The predicted molar refractivity (Wildman–Crippen MR) is 92.5 cm³/mol. The zero-order chi connectivity index (χ0) is 16.1. The molecule has 1 aliphatic heterocycles. The first-order chi connectivity index (χ1) is 11.2. The van der Waals surface area contributed by atoms with Gasteiger partial charge in [-0.3, -0.25) is 9.78 Å². The summed E-state index contributed by atoms with van der Waals surface area (Å²) >= 11 is 5.84. The van der Waals surface area contributed by atoms with E-state index in [4.69, 9.17) is 17.3 Å². The summed E-state index contributed by atoms with van der Waals surface area (Å²) in [5.41, 5.74) is 6.73.